The van der Waals surface area contributed by atoms with Gasteiger partial charge in [-0.1, -0.05) is 0 Å². The van der Waals surface area contributed by atoms with Gasteiger partial charge in [-0.2, -0.15) is 0 Å². The Hall–Kier alpha value is -1.75. The number of nitrogens with zero attached hydrogens (tertiary/aromatic N) is 1. The first kappa shape index (κ1) is 14.7. The van der Waals surface area contributed by atoms with Crippen LogP contribution in [-0.4, -0.2) is 39.3 Å². The molecule has 5 nitrogen and oxygen atoms in total. The molecule has 1 fully saturated rings. The lowest BCUT2D eigenvalue weighted by atomic mass is 10.2. The Balaban J connectivity index is 2.17. The first-order chi connectivity index (χ1) is 9.70. The van der Waals surface area contributed by atoms with Crippen molar-refractivity contribution < 1.29 is 14.3 Å². The van der Waals surface area contributed by atoms with Gasteiger partial charge in [-0.25, -0.2) is 0 Å². The maximum Gasteiger partial charge on any atom is 0.221 e. The minimum absolute atomic E-state index is 0.0644. The van der Waals surface area contributed by atoms with Gasteiger partial charge in [0.1, 0.15) is 12.4 Å². The summed E-state index contributed by atoms with van der Waals surface area (Å²) in [6, 6.07) is 5.76. The fourth-order valence-corrected chi connectivity index (χ4v) is 2.36. The average molecular weight is 278 g/mol. The van der Waals surface area contributed by atoms with E-state index < -0.39 is 0 Å². The maximum atomic E-state index is 11.2. The van der Waals surface area contributed by atoms with Gasteiger partial charge in [0.15, 0.2) is 0 Å². The Labute approximate surface area is 119 Å². The molecule has 0 radical (unpaired) electrons. The number of anilines is 2. The Morgan fingerprint density at radius 3 is 2.70 bits per heavy atom. The number of methoxy groups -OCH3 is 1. The summed E-state index contributed by atoms with van der Waals surface area (Å²) in [4.78, 5) is 13.5. The van der Waals surface area contributed by atoms with Crippen molar-refractivity contribution in [1.29, 1.82) is 0 Å². The minimum Gasteiger partial charge on any atom is -0.489 e. The molecule has 110 valence electrons. The molecule has 1 aliphatic rings. The van der Waals surface area contributed by atoms with Crippen LogP contribution in [0.4, 0.5) is 11.4 Å². The molecule has 0 aliphatic carbocycles. The highest BCUT2D eigenvalue weighted by atomic mass is 16.5. The highest BCUT2D eigenvalue weighted by Crippen LogP contribution is 2.33. The van der Waals surface area contributed by atoms with Crippen molar-refractivity contribution in [3.63, 3.8) is 0 Å². The predicted molar refractivity (Wildman–Crippen MR) is 79.6 cm³/mol. The molecule has 1 saturated heterocycles. The lowest BCUT2D eigenvalue weighted by molar-refractivity contribution is -0.114. The van der Waals surface area contributed by atoms with Crippen LogP contribution in [0.3, 0.4) is 0 Å². The summed E-state index contributed by atoms with van der Waals surface area (Å²) >= 11 is 0. The van der Waals surface area contributed by atoms with E-state index in [0.29, 0.717) is 13.2 Å². The largest absolute Gasteiger partial charge is 0.489 e. The number of carbonyl (C=O) groups excluding carboxylic acids is 1. The molecule has 1 amide bonds. The average Bonchev–Trinajstić information content (AvgIpc) is 2.93. The van der Waals surface area contributed by atoms with E-state index in [1.165, 1.54) is 19.8 Å². The van der Waals surface area contributed by atoms with Gasteiger partial charge in [-0.05, 0) is 31.0 Å². The lowest BCUT2D eigenvalue weighted by Gasteiger charge is -2.22. The van der Waals surface area contributed by atoms with E-state index in [2.05, 4.69) is 10.2 Å². The zero-order chi connectivity index (χ0) is 14.4. The summed E-state index contributed by atoms with van der Waals surface area (Å²) in [7, 11) is 1.66. The van der Waals surface area contributed by atoms with Gasteiger partial charge < -0.3 is 19.7 Å². The van der Waals surface area contributed by atoms with Gasteiger partial charge in [-0.15, -0.1) is 0 Å². The molecule has 2 rings (SSSR count). The van der Waals surface area contributed by atoms with Gasteiger partial charge >= 0.3 is 0 Å². The highest BCUT2D eigenvalue weighted by Gasteiger charge is 2.17. The summed E-state index contributed by atoms with van der Waals surface area (Å²) in [6.07, 6.45) is 2.39. The van der Waals surface area contributed by atoms with Crippen molar-refractivity contribution >= 4 is 17.3 Å². The van der Waals surface area contributed by atoms with Crippen LogP contribution in [0.25, 0.3) is 0 Å². The van der Waals surface area contributed by atoms with Crippen molar-refractivity contribution in [3.05, 3.63) is 18.2 Å². The van der Waals surface area contributed by atoms with Crippen LogP contribution in [0.5, 0.6) is 5.75 Å². The summed E-state index contributed by atoms with van der Waals surface area (Å²) in [5, 5.41) is 2.82. The lowest BCUT2D eigenvalue weighted by Crippen LogP contribution is -2.19. The summed E-state index contributed by atoms with van der Waals surface area (Å²) < 4.78 is 10.8. The standard InChI is InChI=1S/C15H22N2O3/c1-12(18)16-13-5-6-15(20-10-9-19-2)14(11-13)17-7-3-4-8-17/h5-6,11H,3-4,7-10H2,1-2H3,(H,16,18). The number of amides is 1. The van der Waals surface area contributed by atoms with E-state index in [4.69, 9.17) is 9.47 Å². The topological polar surface area (TPSA) is 50.8 Å². The number of rotatable bonds is 6. The molecule has 1 N–H and O–H groups in total. The Bertz CT molecular complexity index is 456. The second-order valence-corrected chi connectivity index (χ2v) is 4.90. The maximum absolute atomic E-state index is 11.2. The Morgan fingerprint density at radius 2 is 2.05 bits per heavy atom. The molecule has 0 saturated carbocycles. The number of ether oxygens (including phenoxy) is 2. The van der Waals surface area contributed by atoms with Crippen molar-refractivity contribution in [3.8, 4) is 5.75 Å². The molecule has 5 heteroatoms. The van der Waals surface area contributed by atoms with Crippen molar-refractivity contribution in [2.24, 2.45) is 0 Å². The van der Waals surface area contributed by atoms with Crippen LogP contribution < -0.4 is 15.0 Å². The Morgan fingerprint density at radius 1 is 1.30 bits per heavy atom. The van der Waals surface area contributed by atoms with Crippen LogP contribution in [-0.2, 0) is 9.53 Å². The van der Waals surface area contributed by atoms with Gasteiger partial charge in [0.2, 0.25) is 5.91 Å². The predicted octanol–water partition coefficient (Wildman–Crippen LogP) is 2.27. The van der Waals surface area contributed by atoms with Crippen molar-refractivity contribution in [1.82, 2.24) is 0 Å². The highest BCUT2D eigenvalue weighted by molar-refractivity contribution is 5.89. The molecule has 20 heavy (non-hydrogen) atoms. The number of hydrogen-bond donors (Lipinski definition) is 1. The van der Waals surface area contributed by atoms with E-state index in [1.54, 1.807) is 7.11 Å². The smallest absolute Gasteiger partial charge is 0.221 e. The summed E-state index contributed by atoms with van der Waals surface area (Å²) in [6.45, 7) is 4.66. The van der Waals surface area contributed by atoms with Crippen LogP contribution in [0.1, 0.15) is 19.8 Å². The van der Waals surface area contributed by atoms with E-state index in [1.807, 2.05) is 18.2 Å². The molecule has 0 unspecified atom stereocenters. The Kier molecular flexibility index (Phi) is 5.24. The van der Waals surface area contributed by atoms with Gasteiger partial charge in [-0.3, -0.25) is 4.79 Å². The molecule has 0 atom stereocenters. The van der Waals surface area contributed by atoms with E-state index in [0.717, 1.165) is 30.2 Å². The molecule has 0 spiro atoms. The monoisotopic (exact) mass is 278 g/mol. The first-order valence-electron chi connectivity index (χ1n) is 6.99. The summed E-state index contributed by atoms with van der Waals surface area (Å²) in [5.74, 6) is 0.781. The van der Waals surface area contributed by atoms with E-state index >= 15 is 0 Å². The van der Waals surface area contributed by atoms with Crippen molar-refractivity contribution in [2.75, 3.05) is 43.6 Å². The fourth-order valence-electron chi connectivity index (χ4n) is 2.36. The number of hydrogen-bond acceptors (Lipinski definition) is 4. The molecule has 1 heterocycles. The third-order valence-electron chi connectivity index (χ3n) is 3.27. The molecule has 1 aliphatic heterocycles. The second-order valence-electron chi connectivity index (χ2n) is 4.90. The minimum atomic E-state index is -0.0644. The van der Waals surface area contributed by atoms with E-state index in [-0.39, 0.29) is 5.91 Å². The van der Waals surface area contributed by atoms with Gasteiger partial charge in [0, 0.05) is 32.8 Å². The molecule has 0 aromatic heterocycles. The molecule has 1 aromatic carbocycles. The number of nitrogens with one attached hydrogen (secondary N) is 1. The number of benzene rings is 1. The molecular formula is C15H22N2O3. The van der Waals surface area contributed by atoms with Crippen LogP contribution in [0, 0.1) is 0 Å². The van der Waals surface area contributed by atoms with Gasteiger partial charge in [0.25, 0.3) is 0 Å². The molecular weight excluding hydrogens is 256 g/mol. The van der Waals surface area contributed by atoms with Crippen LogP contribution in [0.15, 0.2) is 18.2 Å². The molecule has 0 bridgehead atoms. The first-order valence-corrected chi connectivity index (χ1v) is 6.99. The third-order valence-corrected chi connectivity index (χ3v) is 3.27. The zero-order valence-electron chi connectivity index (χ0n) is 12.1. The number of carbonyl (C=O) groups is 1. The van der Waals surface area contributed by atoms with E-state index in [9.17, 15) is 4.79 Å². The van der Waals surface area contributed by atoms with Crippen molar-refractivity contribution in [2.45, 2.75) is 19.8 Å². The van der Waals surface area contributed by atoms with Gasteiger partial charge in [0.05, 0.1) is 12.3 Å². The quantitative estimate of drug-likeness (QED) is 0.811. The SMILES string of the molecule is COCCOc1ccc(NC(C)=O)cc1N1CCCC1. The zero-order valence-corrected chi connectivity index (χ0v) is 12.1. The molecule has 1 aromatic rings. The second kappa shape index (κ2) is 7.14. The summed E-state index contributed by atoms with van der Waals surface area (Å²) in [5.41, 5.74) is 1.85. The van der Waals surface area contributed by atoms with Crippen LogP contribution in [0.2, 0.25) is 0 Å². The normalized spacial score (nSPS) is 14.4. The fraction of sp³-hybridized carbons (Fsp3) is 0.533. The third kappa shape index (κ3) is 3.87. The van der Waals surface area contributed by atoms with Crippen LogP contribution >= 0.6 is 0 Å².